The van der Waals surface area contributed by atoms with Gasteiger partial charge in [0.25, 0.3) is 0 Å². The Balaban J connectivity index is 2.45. The van der Waals surface area contributed by atoms with Crippen LogP contribution in [0.25, 0.3) is 0 Å². The predicted molar refractivity (Wildman–Crippen MR) is 56.8 cm³/mol. The molecule has 4 heteroatoms. The van der Waals surface area contributed by atoms with Gasteiger partial charge in [0.15, 0.2) is 0 Å². The first-order chi connectivity index (χ1) is 6.22. The van der Waals surface area contributed by atoms with Gasteiger partial charge in [-0.05, 0) is 18.2 Å². The molecule has 72 valence electrons. The summed E-state index contributed by atoms with van der Waals surface area (Å²) in [4.78, 5) is 0. The van der Waals surface area contributed by atoms with Crippen LogP contribution in [0.5, 0.6) is 5.75 Å². The lowest BCUT2D eigenvalue weighted by Crippen LogP contribution is -2.18. The first-order valence-corrected chi connectivity index (χ1v) is 4.90. The monoisotopic (exact) mass is 218 g/mol. The van der Waals surface area contributed by atoms with Crippen molar-refractivity contribution >= 4 is 24.2 Å². The fourth-order valence-electron chi connectivity index (χ4n) is 0.802. The van der Waals surface area contributed by atoms with E-state index < -0.39 is 6.10 Å². The normalized spacial score (nSPS) is 12.5. The van der Waals surface area contributed by atoms with E-state index in [2.05, 4.69) is 12.6 Å². The Kier molecular flexibility index (Phi) is 4.42. The minimum Gasteiger partial charge on any atom is -0.491 e. The number of aliphatic hydroxyl groups excluding tert-OH is 1. The number of aliphatic hydroxyl groups is 1. The number of thiol groups is 1. The van der Waals surface area contributed by atoms with Gasteiger partial charge in [-0.1, -0.05) is 17.7 Å². The summed E-state index contributed by atoms with van der Waals surface area (Å²) < 4.78 is 5.26. The van der Waals surface area contributed by atoms with Crippen LogP contribution in [0.15, 0.2) is 24.3 Å². The van der Waals surface area contributed by atoms with Crippen molar-refractivity contribution in [3.8, 4) is 5.75 Å². The van der Waals surface area contributed by atoms with E-state index in [0.29, 0.717) is 16.5 Å². The fraction of sp³-hybridized carbons (Fsp3) is 0.333. The van der Waals surface area contributed by atoms with E-state index in [9.17, 15) is 0 Å². The van der Waals surface area contributed by atoms with Crippen LogP contribution in [-0.4, -0.2) is 23.6 Å². The zero-order valence-electron chi connectivity index (χ0n) is 6.98. The second-order valence-corrected chi connectivity index (χ2v) is 3.41. The van der Waals surface area contributed by atoms with Crippen molar-refractivity contribution in [3.05, 3.63) is 29.3 Å². The molecule has 0 spiro atoms. The molecule has 0 aliphatic heterocycles. The Morgan fingerprint density at radius 1 is 1.54 bits per heavy atom. The molecule has 0 saturated heterocycles. The van der Waals surface area contributed by atoms with Crippen LogP contribution in [0.4, 0.5) is 0 Å². The van der Waals surface area contributed by atoms with Crippen LogP contribution >= 0.6 is 24.2 Å². The van der Waals surface area contributed by atoms with Crippen molar-refractivity contribution in [2.45, 2.75) is 6.10 Å². The topological polar surface area (TPSA) is 29.5 Å². The summed E-state index contributed by atoms with van der Waals surface area (Å²) >= 11 is 9.66. The molecule has 0 heterocycles. The molecule has 1 aromatic rings. The predicted octanol–water partition coefficient (Wildman–Crippen LogP) is 2.01. The second kappa shape index (κ2) is 5.37. The molecule has 0 saturated carbocycles. The molecule has 1 N–H and O–H groups in total. The Labute approximate surface area is 87.9 Å². The van der Waals surface area contributed by atoms with Gasteiger partial charge in [-0.25, -0.2) is 0 Å². The number of benzene rings is 1. The maximum absolute atomic E-state index is 9.15. The molecule has 2 nitrogen and oxygen atoms in total. The highest BCUT2D eigenvalue weighted by Crippen LogP contribution is 2.17. The quantitative estimate of drug-likeness (QED) is 0.758. The molecule has 0 aliphatic carbocycles. The van der Waals surface area contributed by atoms with Crippen LogP contribution < -0.4 is 4.74 Å². The van der Waals surface area contributed by atoms with Crippen LogP contribution in [0.1, 0.15) is 0 Å². The number of rotatable bonds is 4. The number of hydrogen-bond donors (Lipinski definition) is 2. The van der Waals surface area contributed by atoms with Gasteiger partial charge < -0.3 is 9.84 Å². The van der Waals surface area contributed by atoms with E-state index in [1.54, 1.807) is 24.3 Å². The van der Waals surface area contributed by atoms with Crippen LogP contribution in [-0.2, 0) is 0 Å². The van der Waals surface area contributed by atoms with Crippen LogP contribution in [0.3, 0.4) is 0 Å². The van der Waals surface area contributed by atoms with Gasteiger partial charge in [0.2, 0.25) is 0 Å². The van der Waals surface area contributed by atoms with Crippen molar-refractivity contribution in [2.75, 3.05) is 12.4 Å². The van der Waals surface area contributed by atoms with Crippen molar-refractivity contribution in [2.24, 2.45) is 0 Å². The summed E-state index contributed by atoms with van der Waals surface area (Å²) in [6, 6.07) is 7.05. The smallest absolute Gasteiger partial charge is 0.120 e. The molecule has 1 unspecified atom stereocenters. The number of halogens is 1. The van der Waals surface area contributed by atoms with Crippen LogP contribution in [0.2, 0.25) is 5.02 Å². The molecule has 1 rings (SSSR count). The van der Waals surface area contributed by atoms with E-state index in [0.717, 1.165) is 0 Å². The summed E-state index contributed by atoms with van der Waals surface area (Å²) in [5, 5.41) is 9.78. The van der Waals surface area contributed by atoms with Gasteiger partial charge in [-0.3, -0.25) is 0 Å². The molecule has 0 aromatic heterocycles. The molecular formula is C9H11ClO2S. The summed E-state index contributed by atoms with van der Waals surface area (Å²) in [7, 11) is 0. The molecular weight excluding hydrogens is 208 g/mol. The van der Waals surface area contributed by atoms with Crippen LogP contribution in [0, 0.1) is 0 Å². The maximum Gasteiger partial charge on any atom is 0.120 e. The first-order valence-electron chi connectivity index (χ1n) is 3.89. The third kappa shape index (κ3) is 3.89. The van der Waals surface area contributed by atoms with E-state index in [-0.39, 0.29) is 6.61 Å². The van der Waals surface area contributed by atoms with Gasteiger partial charge in [-0.2, -0.15) is 12.6 Å². The second-order valence-electron chi connectivity index (χ2n) is 2.60. The van der Waals surface area contributed by atoms with Gasteiger partial charge >= 0.3 is 0 Å². The highest BCUT2D eigenvalue weighted by molar-refractivity contribution is 7.80. The summed E-state index contributed by atoms with van der Waals surface area (Å²) in [6.07, 6.45) is -0.540. The summed E-state index contributed by atoms with van der Waals surface area (Å²) in [5.41, 5.74) is 0. The van der Waals surface area contributed by atoms with Gasteiger partial charge in [0, 0.05) is 10.8 Å². The average molecular weight is 219 g/mol. The molecule has 0 amide bonds. The SMILES string of the molecule is OC(CS)COc1cccc(Cl)c1. The van der Waals surface area contributed by atoms with Crippen molar-refractivity contribution in [1.29, 1.82) is 0 Å². The van der Waals surface area contributed by atoms with E-state index in [4.69, 9.17) is 21.4 Å². The largest absolute Gasteiger partial charge is 0.491 e. The van der Waals surface area contributed by atoms with Gasteiger partial charge in [-0.15, -0.1) is 0 Å². The third-order valence-electron chi connectivity index (χ3n) is 1.45. The Morgan fingerprint density at radius 3 is 2.92 bits per heavy atom. The molecule has 1 atom stereocenters. The molecule has 0 radical (unpaired) electrons. The highest BCUT2D eigenvalue weighted by atomic mass is 35.5. The third-order valence-corrected chi connectivity index (χ3v) is 2.11. The van der Waals surface area contributed by atoms with Gasteiger partial charge in [0.1, 0.15) is 12.4 Å². The van der Waals surface area contributed by atoms with Crippen molar-refractivity contribution in [1.82, 2.24) is 0 Å². The average Bonchev–Trinajstić information content (AvgIpc) is 2.14. The fourth-order valence-corrected chi connectivity index (χ4v) is 1.09. The molecule has 1 aromatic carbocycles. The minimum atomic E-state index is -0.540. The van der Waals surface area contributed by atoms with Crippen molar-refractivity contribution in [3.63, 3.8) is 0 Å². The summed E-state index contributed by atoms with van der Waals surface area (Å²) in [5.74, 6) is 1.05. The maximum atomic E-state index is 9.15. The van der Waals surface area contributed by atoms with E-state index in [1.807, 2.05) is 0 Å². The number of hydrogen-bond acceptors (Lipinski definition) is 3. The molecule has 0 bridgehead atoms. The van der Waals surface area contributed by atoms with E-state index in [1.165, 1.54) is 0 Å². The first kappa shape index (κ1) is 10.7. The minimum absolute atomic E-state index is 0.240. The standard InChI is InChI=1S/C9H11ClO2S/c10-7-2-1-3-9(4-7)12-5-8(11)6-13/h1-4,8,11,13H,5-6H2. The highest BCUT2D eigenvalue weighted by Gasteiger charge is 2.02. The lowest BCUT2D eigenvalue weighted by atomic mass is 10.3. The van der Waals surface area contributed by atoms with Crippen molar-refractivity contribution < 1.29 is 9.84 Å². The zero-order valence-corrected chi connectivity index (χ0v) is 8.63. The molecule has 0 aliphatic rings. The zero-order chi connectivity index (χ0) is 9.68. The number of ether oxygens (including phenoxy) is 1. The lowest BCUT2D eigenvalue weighted by Gasteiger charge is -2.09. The molecule has 0 fully saturated rings. The Hall–Kier alpha value is -0.380. The Bertz CT molecular complexity index is 268. The van der Waals surface area contributed by atoms with Gasteiger partial charge in [0.05, 0.1) is 6.10 Å². The summed E-state index contributed by atoms with van der Waals surface area (Å²) in [6.45, 7) is 0.240. The van der Waals surface area contributed by atoms with E-state index >= 15 is 0 Å². The Morgan fingerprint density at radius 2 is 2.31 bits per heavy atom. The molecule has 13 heavy (non-hydrogen) atoms. The lowest BCUT2D eigenvalue weighted by molar-refractivity contribution is 0.126.